The van der Waals surface area contributed by atoms with Crippen LogP contribution in [-0.4, -0.2) is 19.9 Å². The van der Waals surface area contributed by atoms with Crippen LogP contribution < -0.4 is 10.0 Å². The van der Waals surface area contributed by atoms with Crippen LogP contribution in [0.25, 0.3) is 0 Å². The number of thiophene rings is 1. The second-order valence-electron chi connectivity index (χ2n) is 4.26. The molecule has 0 aromatic carbocycles. The largest absolute Gasteiger partial charge is 0.312 e. The van der Waals surface area contributed by atoms with Gasteiger partial charge in [0, 0.05) is 16.8 Å². The summed E-state index contributed by atoms with van der Waals surface area (Å²) in [5.74, 6) is 0. The van der Waals surface area contributed by atoms with Crippen molar-refractivity contribution in [3.8, 4) is 0 Å². The zero-order chi connectivity index (χ0) is 14.6. The van der Waals surface area contributed by atoms with Gasteiger partial charge in [-0.25, -0.2) is 18.1 Å². The number of nitrogens with zero attached hydrogens (tertiary/aromatic N) is 1. The van der Waals surface area contributed by atoms with Crippen LogP contribution in [-0.2, 0) is 23.1 Å². The highest BCUT2D eigenvalue weighted by atomic mass is 32.2. The molecule has 0 bridgehead atoms. The molecule has 110 valence electrons. The Labute approximate surface area is 127 Å². The molecule has 0 radical (unpaired) electrons. The normalized spacial score (nSPS) is 11.9. The van der Waals surface area contributed by atoms with Crippen molar-refractivity contribution < 1.29 is 8.42 Å². The van der Waals surface area contributed by atoms with E-state index in [2.05, 4.69) is 15.0 Å². The summed E-state index contributed by atoms with van der Waals surface area (Å²) in [5.41, 5.74) is 3.21. The van der Waals surface area contributed by atoms with Crippen LogP contribution in [0.4, 0.5) is 0 Å². The van der Waals surface area contributed by atoms with Gasteiger partial charge in [0.2, 0.25) is 10.0 Å². The molecule has 0 saturated carbocycles. The highest BCUT2D eigenvalue weighted by molar-refractivity contribution is 7.89. The van der Waals surface area contributed by atoms with Gasteiger partial charge in [0.05, 0.1) is 17.7 Å². The van der Waals surface area contributed by atoms with Gasteiger partial charge < -0.3 is 5.32 Å². The van der Waals surface area contributed by atoms with E-state index >= 15 is 0 Å². The van der Waals surface area contributed by atoms with E-state index in [1.807, 2.05) is 24.6 Å². The quantitative estimate of drug-likeness (QED) is 0.815. The summed E-state index contributed by atoms with van der Waals surface area (Å²) in [6, 6.07) is 0. The van der Waals surface area contributed by atoms with E-state index in [0.29, 0.717) is 11.4 Å². The molecule has 5 nitrogen and oxygen atoms in total. The number of rotatable bonds is 7. The summed E-state index contributed by atoms with van der Waals surface area (Å²) >= 11 is 2.92. The van der Waals surface area contributed by atoms with E-state index in [1.165, 1.54) is 22.7 Å². The van der Waals surface area contributed by atoms with Crippen LogP contribution in [0.15, 0.2) is 21.2 Å². The lowest BCUT2D eigenvalue weighted by atomic mass is 10.3. The average molecular weight is 331 g/mol. The first-order valence-electron chi connectivity index (χ1n) is 6.19. The van der Waals surface area contributed by atoms with Crippen molar-refractivity contribution in [1.82, 2.24) is 15.0 Å². The van der Waals surface area contributed by atoms with Crippen LogP contribution >= 0.6 is 22.7 Å². The summed E-state index contributed by atoms with van der Waals surface area (Å²) in [7, 11) is -3.50. The van der Waals surface area contributed by atoms with Crippen molar-refractivity contribution in [2.45, 2.75) is 31.8 Å². The Kier molecular flexibility index (Phi) is 5.28. The van der Waals surface area contributed by atoms with E-state index < -0.39 is 10.0 Å². The molecular weight excluding hydrogens is 314 g/mol. The van der Waals surface area contributed by atoms with Crippen molar-refractivity contribution in [3.05, 3.63) is 32.4 Å². The Bertz CT molecular complexity index is 648. The van der Waals surface area contributed by atoms with Gasteiger partial charge in [-0.15, -0.1) is 22.7 Å². The van der Waals surface area contributed by atoms with Crippen molar-refractivity contribution in [1.29, 1.82) is 0 Å². The minimum absolute atomic E-state index is 0.224. The van der Waals surface area contributed by atoms with Crippen LogP contribution in [0, 0.1) is 6.92 Å². The van der Waals surface area contributed by atoms with Gasteiger partial charge in [0.15, 0.2) is 0 Å². The molecule has 0 aliphatic carbocycles. The summed E-state index contributed by atoms with van der Waals surface area (Å²) < 4.78 is 27.5. The first-order valence-corrected chi connectivity index (χ1v) is 9.49. The van der Waals surface area contributed by atoms with Gasteiger partial charge in [0.25, 0.3) is 0 Å². The molecule has 20 heavy (non-hydrogen) atoms. The third-order valence-corrected chi connectivity index (χ3v) is 6.22. The average Bonchev–Trinajstić information content (AvgIpc) is 3.03. The second-order valence-corrected chi connectivity index (χ2v) is 7.64. The van der Waals surface area contributed by atoms with Gasteiger partial charge in [0.1, 0.15) is 4.90 Å². The Morgan fingerprint density at radius 3 is 2.75 bits per heavy atom. The lowest BCUT2D eigenvalue weighted by Gasteiger charge is -2.08. The summed E-state index contributed by atoms with van der Waals surface area (Å²) in [6.45, 7) is 5.42. The lowest BCUT2D eigenvalue weighted by Crippen LogP contribution is -2.25. The SMILES string of the molecule is CCNCc1scc(C)c1S(=O)(=O)NCc1cscn1. The van der Waals surface area contributed by atoms with E-state index in [9.17, 15) is 8.42 Å². The summed E-state index contributed by atoms with van der Waals surface area (Å²) in [5, 5.41) is 6.88. The predicted octanol–water partition coefficient (Wildman–Crippen LogP) is 2.10. The number of sulfonamides is 1. The molecule has 8 heteroatoms. The Balaban J connectivity index is 2.18. The van der Waals surface area contributed by atoms with Gasteiger partial charge in [-0.1, -0.05) is 6.92 Å². The van der Waals surface area contributed by atoms with Gasteiger partial charge >= 0.3 is 0 Å². The standard InChI is InChI=1S/C12H17N3O2S3/c1-3-13-5-11-12(9(2)6-19-11)20(16,17)15-4-10-7-18-8-14-10/h6-8,13,15H,3-5H2,1-2H3. The minimum atomic E-state index is -3.50. The Hall–Kier alpha value is -0.800. The highest BCUT2D eigenvalue weighted by Crippen LogP contribution is 2.26. The number of aromatic nitrogens is 1. The molecule has 0 fully saturated rings. The van der Waals surface area contributed by atoms with Crippen LogP contribution in [0.5, 0.6) is 0 Å². The number of hydrogen-bond acceptors (Lipinski definition) is 6. The van der Waals surface area contributed by atoms with Gasteiger partial charge in [-0.3, -0.25) is 0 Å². The highest BCUT2D eigenvalue weighted by Gasteiger charge is 2.22. The molecule has 0 saturated heterocycles. The van der Waals surface area contributed by atoms with Crippen molar-refractivity contribution in [2.75, 3.05) is 6.54 Å². The molecular formula is C12H17N3O2S3. The maximum atomic E-state index is 12.4. The van der Waals surface area contributed by atoms with E-state index in [4.69, 9.17) is 0 Å². The molecule has 2 aromatic heterocycles. The fourth-order valence-corrected chi connectivity index (χ4v) is 5.11. The fraction of sp³-hybridized carbons (Fsp3) is 0.417. The predicted molar refractivity (Wildman–Crippen MR) is 82.6 cm³/mol. The molecule has 0 aliphatic heterocycles. The number of hydrogen-bond donors (Lipinski definition) is 2. The molecule has 0 unspecified atom stereocenters. The molecule has 2 heterocycles. The topological polar surface area (TPSA) is 71.1 Å². The zero-order valence-electron chi connectivity index (χ0n) is 11.3. The molecule has 0 spiro atoms. The van der Waals surface area contributed by atoms with Crippen LogP contribution in [0.3, 0.4) is 0 Å². The van der Waals surface area contributed by atoms with Gasteiger partial charge in [-0.05, 0) is 24.4 Å². The smallest absolute Gasteiger partial charge is 0.242 e. The number of nitrogens with one attached hydrogen (secondary N) is 2. The molecule has 2 rings (SSSR count). The summed E-state index contributed by atoms with van der Waals surface area (Å²) in [4.78, 5) is 5.32. The first-order chi connectivity index (χ1) is 9.54. The third-order valence-electron chi connectivity index (χ3n) is 2.72. The maximum absolute atomic E-state index is 12.4. The third kappa shape index (κ3) is 3.64. The van der Waals surface area contributed by atoms with Crippen molar-refractivity contribution in [3.63, 3.8) is 0 Å². The number of thiazole rings is 1. The maximum Gasteiger partial charge on any atom is 0.242 e. The Morgan fingerprint density at radius 1 is 1.30 bits per heavy atom. The van der Waals surface area contributed by atoms with E-state index in [0.717, 1.165) is 22.7 Å². The molecule has 2 aromatic rings. The number of aryl methyl sites for hydroxylation is 1. The van der Waals surface area contributed by atoms with E-state index in [-0.39, 0.29) is 6.54 Å². The summed E-state index contributed by atoms with van der Waals surface area (Å²) in [6.07, 6.45) is 0. The minimum Gasteiger partial charge on any atom is -0.312 e. The zero-order valence-corrected chi connectivity index (χ0v) is 13.8. The molecule has 2 N–H and O–H groups in total. The Morgan fingerprint density at radius 2 is 2.10 bits per heavy atom. The van der Waals surface area contributed by atoms with Crippen LogP contribution in [0.2, 0.25) is 0 Å². The molecule has 0 atom stereocenters. The monoisotopic (exact) mass is 331 g/mol. The van der Waals surface area contributed by atoms with Crippen molar-refractivity contribution >= 4 is 32.7 Å². The fourth-order valence-electron chi connectivity index (χ4n) is 1.77. The molecule has 0 aliphatic rings. The molecule has 0 amide bonds. The van der Waals surface area contributed by atoms with Crippen LogP contribution in [0.1, 0.15) is 23.1 Å². The lowest BCUT2D eigenvalue weighted by molar-refractivity contribution is 0.578. The first kappa shape index (κ1) is 15.6. The van der Waals surface area contributed by atoms with Gasteiger partial charge in [-0.2, -0.15) is 0 Å². The second kappa shape index (κ2) is 6.77. The van der Waals surface area contributed by atoms with Crippen molar-refractivity contribution in [2.24, 2.45) is 0 Å². The van der Waals surface area contributed by atoms with E-state index in [1.54, 1.807) is 5.51 Å².